The summed E-state index contributed by atoms with van der Waals surface area (Å²) < 4.78 is 31.2. The number of carbonyl (C=O) groups excluding carboxylic acids is 1. The molecule has 1 amide bonds. The first-order valence-corrected chi connectivity index (χ1v) is 9.46. The van der Waals surface area contributed by atoms with Crippen LogP contribution in [0.1, 0.15) is 39.7 Å². The zero-order chi connectivity index (χ0) is 18.8. The van der Waals surface area contributed by atoms with E-state index in [9.17, 15) is 13.6 Å². The van der Waals surface area contributed by atoms with Gasteiger partial charge in [-0.25, -0.2) is 4.68 Å². The molecule has 0 aliphatic heterocycles. The van der Waals surface area contributed by atoms with Gasteiger partial charge in [0.1, 0.15) is 16.4 Å². The molecule has 0 spiro atoms. The largest absolute Gasteiger partial charge is 0.433 e. The maximum atomic E-state index is 12.6. The molecule has 4 rings (SSSR count). The number of amides is 1. The molecular formula is C19H17F2N3O2S. The van der Waals surface area contributed by atoms with Gasteiger partial charge >= 0.3 is 6.61 Å². The van der Waals surface area contributed by atoms with E-state index in [1.807, 2.05) is 12.1 Å². The number of aryl methyl sites for hydroxylation is 1. The highest BCUT2D eigenvalue weighted by molar-refractivity contribution is 7.12. The van der Waals surface area contributed by atoms with Crippen LogP contribution in [0.15, 0.2) is 48.0 Å². The number of benzene rings is 1. The highest BCUT2D eigenvalue weighted by atomic mass is 32.1. The van der Waals surface area contributed by atoms with Gasteiger partial charge in [-0.1, -0.05) is 24.3 Å². The second-order valence-corrected chi connectivity index (χ2v) is 7.13. The summed E-state index contributed by atoms with van der Waals surface area (Å²) in [5.74, 6) is -0.0915. The second kappa shape index (κ2) is 7.48. The Balaban J connectivity index is 1.59. The minimum Gasteiger partial charge on any atom is -0.433 e. The molecule has 0 saturated carbocycles. The first-order valence-electron chi connectivity index (χ1n) is 8.58. The van der Waals surface area contributed by atoms with Crippen molar-refractivity contribution in [3.05, 3.63) is 64.0 Å². The van der Waals surface area contributed by atoms with Crippen LogP contribution >= 0.6 is 11.3 Å². The zero-order valence-electron chi connectivity index (χ0n) is 14.3. The minimum atomic E-state index is -2.98. The van der Waals surface area contributed by atoms with E-state index in [1.165, 1.54) is 17.2 Å². The van der Waals surface area contributed by atoms with E-state index in [2.05, 4.69) is 27.3 Å². The van der Waals surface area contributed by atoms with E-state index in [0.717, 1.165) is 30.6 Å². The van der Waals surface area contributed by atoms with Crippen LogP contribution in [0.2, 0.25) is 0 Å². The van der Waals surface area contributed by atoms with Gasteiger partial charge in [0.15, 0.2) is 0 Å². The van der Waals surface area contributed by atoms with Crippen molar-refractivity contribution in [1.29, 1.82) is 0 Å². The number of carbonyl (C=O) groups is 1. The van der Waals surface area contributed by atoms with Crippen molar-refractivity contribution in [2.75, 3.05) is 5.32 Å². The SMILES string of the molecule is O=C(Nc1ccnn1C1CCCc2ccccc21)c1sccc1OC(F)F. The van der Waals surface area contributed by atoms with Crippen LogP contribution in [-0.2, 0) is 6.42 Å². The van der Waals surface area contributed by atoms with E-state index in [0.29, 0.717) is 5.82 Å². The van der Waals surface area contributed by atoms with Crippen molar-refractivity contribution in [2.45, 2.75) is 31.9 Å². The molecule has 8 heteroatoms. The number of fused-ring (bicyclic) bond motifs is 1. The summed E-state index contributed by atoms with van der Waals surface area (Å²) in [5.41, 5.74) is 2.48. The topological polar surface area (TPSA) is 56.2 Å². The summed E-state index contributed by atoms with van der Waals surface area (Å²) >= 11 is 1.05. The summed E-state index contributed by atoms with van der Waals surface area (Å²) in [7, 11) is 0. The van der Waals surface area contributed by atoms with E-state index in [-0.39, 0.29) is 16.7 Å². The van der Waals surface area contributed by atoms with E-state index >= 15 is 0 Å². The van der Waals surface area contributed by atoms with Gasteiger partial charge in [0.2, 0.25) is 0 Å². The van der Waals surface area contributed by atoms with Gasteiger partial charge < -0.3 is 10.1 Å². The standard InChI is InChI=1S/C19H17F2N3O2S/c20-19(21)26-15-9-11-27-17(15)18(25)23-16-8-10-22-24(16)14-7-3-5-12-4-1-2-6-13(12)14/h1-2,4,6,8-11,14,19H,3,5,7H2,(H,23,25). The molecule has 1 unspecified atom stereocenters. The Kier molecular flexibility index (Phi) is 4.89. The molecule has 1 aliphatic carbocycles. The molecule has 2 heterocycles. The number of anilines is 1. The molecule has 0 saturated heterocycles. The zero-order valence-corrected chi connectivity index (χ0v) is 15.1. The first kappa shape index (κ1) is 17.7. The number of hydrogen-bond donors (Lipinski definition) is 1. The third-order valence-electron chi connectivity index (χ3n) is 4.60. The normalized spacial score (nSPS) is 16.2. The van der Waals surface area contributed by atoms with Crippen LogP contribution in [0.4, 0.5) is 14.6 Å². The van der Waals surface area contributed by atoms with Crippen LogP contribution in [0, 0.1) is 0 Å². The highest BCUT2D eigenvalue weighted by Crippen LogP contribution is 2.34. The average molecular weight is 389 g/mol. The van der Waals surface area contributed by atoms with Crippen molar-refractivity contribution in [3.63, 3.8) is 0 Å². The number of hydrogen-bond acceptors (Lipinski definition) is 4. The molecular weight excluding hydrogens is 372 g/mol. The maximum Gasteiger partial charge on any atom is 0.387 e. The lowest BCUT2D eigenvalue weighted by Gasteiger charge is -2.27. The Labute approximate surface area is 158 Å². The Hall–Kier alpha value is -2.74. The van der Waals surface area contributed by atoms with Gasteiger partial charge in [0.05, 0.1) is 12.2 Å². The fourth-order valence-electron chi connectivity index (χ4n) is 3.47. The van der Waals surface area contributed by atoms with Crippen molar-refractivity contribution in [1.82, 2.24) is 9.78 Å². The predicted molar refractivity (Wildman–Crippen MR) is 98.7 cm³/mol. The lowest BCUT2D eigenvalue weighted by atomic mass is 9.88. The summed E-state index contributed by atoms with van der Waals surface area (Å²) in [6.45, 7) is -2.98. The summed E-state index contributed by atoms with van der Waals surface area (Å²) in [5, 5.41) is 8.72. The first-order chi connectivity index (χ1) is 13.1. The van der Waals surface area contributed by atoms with Crippen LogP contribution in [0.5, 0.6) is 5.75 Å². The molecule has 1 aromatic carbocycles. The number of rotatable bonds is 5. The number of nitrogens with one attached hydrogen (secondary N) is 1. The molecule has 0 radical (unpaired) electrons. The Bertz CT molecular complexity index is 954. The second-order valence-electron chi connectivity index (χ2n) is 6.21. The van der Waals surface area contributed by atoms with Crippen LogP contribution in [0.3, 0.4) is 0 Å². The lowest BCUT2D eigenvalue weighted by Crippen LogP contribution is -2.22. The number of thiophene rings is 1. The fraction of sp³-hybridized carbons (Fsp3) is 0.263. The number of halogens is 2. The summed E-state index contributed by atoms with van der Waals surface area (Å²) in [4.78, 5) is 12.7. The number of alkyl halides is 2. The van der Waals surface area contributed by atoms with Crippen LogP contribution < -0.4 is 10.1 Å². The quantitative estimate of drug-likeness (QED) is 0.687. The predicted octanol–water partition coefficient (Wildman–Crippen LogP) is 4.72. The number of aromatic nitrogens is 2. The molecule has 27 heavy (non-hydrogen) atoms. The molecule has 1 aliphatic rings. The van der Waals surface area contributed by atoms with Crippen LogP contribution in [0.25, 0.3) is 0 Å². The fourth-order valence-corrected chi connectivity index (χ4v) is 4.19. The molecule has 2 aromatic heterocycles. The molecule has 3 aromatic rings. The molecule has 0 bridgehead atoms. The minimum absolute atomic E-state index is 0.0281. The van der Waals surface area contributed by atoms with Crippen molar-refractivity contribution in [3.8, 4) is 5.75 Å². The molecule has 5 nitrogen and oxygen atoms in total. The van der Waals surface area contributed by atoms with Gasteiger partial charge in [0, 0.05) is 6.07 Å². The van der Waals surface area contributed by atoms with E-state index in [4.69, 9.17) is 0 Å². The van der Waals surface area contributed by atoms with Gasteiger partial charge in [0.25, 0.3) is 5.91 Å². The molecule has 1 N–H and O–H groups in total. The summed E-state index contributed by atoms with van der Waals surface area (Å²) in [6.07, 6.45) is 4.60. The third kappa shape index (κ3) is 3.57. The Morgan fingerprint density at radius 2 is 2.15 bits per heavy atom. The summed E-state index contributed by atoms with van der Waals surface area (Å²) in [6, 6.07) is 11.3. The highest BCUT2D eigenvalue weighted by Gasteiger charge is 2.25. The maximum absolute atomic E-state index is 12.6. The van der Waals surface area contributed by atoms with E-state index < -0.39 is 12.5 Å². The average Bonchev–Trinajstić information content (AvgIpc) is 3.30. The van der Waals surface area contributed by atoms with E-state index in [1.54, 1.807) is 22.3 Å². The van der Waals surface area contributed by atoms with Crippen molar-refractivity contribution < 1.29 is 18.3 Å². The Morgan fingerprint density at radius 1 is 1.30 bits per heavy atom. The third-order valence-corrected chi connectivity index (χ3v) is 5.49. The van der Waals surface area contributed by atoms with Gasteiger partial charge in [-0.2, -0.15) is 13.9 Å². The van der Waals surface area contributed by atoms with Gasteiger partial charge in [-0.15, -0.1) is 11.3 Å². The van der Waals surface area contributed by atoms with Crippen molar-refractivity contribution in [2.24, 2.45) is 0 Å². The number of nitrogens with zero attached hydrogens (tertiary/aromatic N) is 2. The lowest BCUT2D eigenvalue weighted by molar-refractivity contribution is -0.0498. The smallest absolute Gasteiger partial charge is 0.387 e. The Morgan fingerprint density at radius 3 is 3.00 bits per heavy atom. The van der Waals surface area contributed by atoms with Gasteiger partial charge in [-0.05, 0) is 41.8 Å². The van der Waals surface area contributed by atoms with Crippen LogP contribution in [-0.4, -0.2) is 22.3 Å². The van der Waals surface area contributed by atoms with Gasteiger partial charge in [-0.3, -0.25) is 4.79 Å². The molecule has 0 fully saturated rings. The number of ether oxygens (including phenoxy) is 1. The molecule has 1 atom stereocenters. The van der Waals surface area contributed by atoms with Crippen molar-refractivity contribution >= 4 is 23.1 Å². The monoisotopic (exact) mass is 389 g/mol. The molecule has 140 valence electrons.